The van der Waals surface area contributed by atoms with Gasteiger partial charge in [0.05, 0.1) is 5.69 Å². The molecule has 0 saturated carbocycles. The van der Waals surface area contributed by atoms with E-state index in [0.717, 1.165) is 44.9 Å². The van der Waals surface area contributed by atoms with E-state index in [0.29, 0.717) is 4.73 Å². The molecule has 0 amide bonds. The van der Waals surface area contributed by atoms with Crippen molar-refractivity contribution in [3.05, 3.63) is 89.3 Å². The molecule has 3 nitrogen and oxygen atoms in total. The van der Waals surface area contributed by atoms with Crippen molar-refractivity contribution in [2.75, 3.05) is 0 Å². The molecule has 0 bridgehead atoms. The molecular formula is C25H20BrN3. The minimum atomic E-state index is 0.562. The topological polar surface area (TPSA) is 38.1 Å². The zero-order valence-electron chi connectivity index (χ0n) is 16.3. The van der Waals surface area contributed by atoms with Crippen LogP contribution in [0.25, 0.3) is 33.5 Å². The van der Waals surface area contributed by atoms with Crippen LogP contribution >= 0.6 is 15.9 Å². The van der Waals surface area contributed by atoms with E-state index in [1.54, 1.807) is 6.21 Å². The van der Waals surface area contributed by atoms with Crippen LogP contribution in [0, 0.1) is 6.92 Å². The molecule has 0 N–H and O–H groups in total. The van der Waals surface area contributed by atoms with Crippen LogP contribution in [0.15, 0.2) is 88.6 Å². The fourth-order valence-corrected chi connectivity index (χ4v) is 3.82. The first-order valence-electron chi connectivity index (χ1n) is 9.45. The molecule has 0 atom stereocenters. The highest BCUT2D eigenvalue weighted by atomic mass is 79.9. The zero-order chi connectivity index (χ0) is 20.2. The van der Waals surface area contributed by atoms with E-state index < -0.39 is 0 Å². The second-order valence-electron chi connectivity index (χ2n) is 6.69. The minimum Gasteiger partial charge on any atom is -0.257 e. The maximum absolute atomic E-state index is 4.68. The van der Waals surface area contributed by atoms with Crippen LogP contribution in [-0.4, -0.2) is 16.2 Å². The first kappa shape index (κ1) is 19.2. The van der Waals surface area contributed by atoms with Gasteiger partial charge in [-0.2, -0.15) is 0 Å². The molecule has 0 radical (unpaired) electrons. The van der Waals surface area contributed by atoms with Crippen LogP contribution in [0.4, 0.5) is 5.69 Å². The van der Waals surface area contributed by atoms with Crippen molar-refractivity contribution in [2.45, 2.75) is 13.8 Å². The van der Waals surface area contributed by atoms with Crippen LogP contribution < -0.4 is 0 Å². The Balaban J connectivity index is 1.99. The largest absolute Gasteiger partial charge is 0.257 e. The third kappa shape index (κ3) is 4.17. The molecule has 1 heterocycles. The van der Waals surface area contributed by atoms with Crippen molar-refractivity contribution in [1.29, 1.82) is 0 Å². The number of aromatic nitrogens is 2. The van der Waals surface area contributed by atoms with Crippen LogP contribution in [0.5, 0.6) is 0 Å². The number of benzene rings is 3. The van der Waals surface area contributed by atoms with Gasteiger partial charge < -0.3 is 0 Å². The highest BCUT2D eigenvalue weighted by molar-refractivity contribution is 9.10. The zero-order valence-corrected chi connectivity index (χ0v) is 17.9. The summed E-state index contributed by atoms with van der Waals surface area (Å²) in [4.78, 5) is 13.7. The minimum absolute atomic E-state index is 0.562. The predicted octanol–water partition coefficient (Wildman–Crippen LogP) is 7.27. The van der Waals surface area contributed by atoms with Crippen molar-refractivity contribution in [3.8, 4) is 33.5 Å². The summed E-state index contributed by atoms with van der Waals surface area (Å²) in [5, 5.41) is 0. The molecule has 1 aromatic heterocycles. The summed E-state index contributed by atoms with van der Waals surface area (Å²) in [6, 6.07) is 27.4. The highest BCUT2D eigenvalue weighted by Gasteiger charge is 2.15. The van der Waals surface area contributed by atoms with Crippen molar-refractivity contribution < 1.29 is 0 Å². The van der Waals surface area contributed by atoms with Gasteiger partial charge in [-0.25, -0.2) is 9.97 Å². The average Bonchev–Trinajstić information content (AvgIpc) is 2.76. The van der Waals surface area contributed by atoms with Crippen molar-refractivity contribution in [1.82, 2.24) is 9.97 Å². The number of nitrogens with zero attached hydrogens (tertiary/aromatic N) is 3. The molecule has 142 valence electrons. The number of hydrogen-bond acceptors (Lipinski definition) is 3. The fraction of sp³-hybridized carbons (Fsp3) is 0.0800. The van der Waals surface area contributed by atoms with Gasteiger partial charge in [0.15, 0.2) is 4.73 Å². The molecule has 0 fully saturated rings. The molecule has 4 rings (SSSR count). The van der Waals surface area contributed by atoms with Gasteiger partial charge in [-0.3, -0.25) is 4.99 Å². The first-order chi connectivity index (χ1) is 14.2. The lowest BCUT2D eigenvalue weighted by Gasteiger charge is -2.13. The predicted molar refractivity (Wildman–Crippen MR) is 125 cm³/mol. The van der Waals surface area contributed by atoms with Gasteiger partial charge in [0.1, 0.15) is 11.4 Å². The number of hydrogen-bond donors (Lipinski definition) is 0. The van der Waals surface area contributed by atoms with Crippen LogP contribution in [0.2, 0.25) is 0 Å². The summed E-state index contributed by atoms with van der Waals surface area (Å²) >= 11 is 3.45. The molecule has 0 unspecified atom stereocenters. The van der Waals surface area contributed by atoms with Gasteiger partial charge in [0, 0.05) is 11.8 Å². The Kier molecular flexibility index (Phi) is 5.63. The summed E-state index contributed by atoms with van der Waals surface area (Å²) in [5.41, 5.74) is 8.07. The van der Waals surface area contributed by atoms with E-state index in [9.17, 15) is 0 Å². The Hall–Kier alpha value is -3.11. The molecule has 0 aliphatic heterocycles. The molecule has 0 saturated heterocycles. The first-order valence-corrected chi connectivity index (χ1v) is 10.2. The summed E-state index contributed by atoms with van der Waals surface area (Å²) in [6.07, 6.45) is 1.78. The summed E-state index contributed by atoms with van der Waals surface area (Å²) in [7, 11) is 0. The Morgan fingerprint density at radius 3 is 1.76 bits per heavy atom. The van der Waals surface area contributed by atoms with E-state index in [-0.39, 0.29) is 0 Å². The molecule has 29 heavy (non-hydrogen) atoms. The second-order valence-corrected chi connectivity index (χ2v) is 7.40. The third-order valence-corrected chi connectivity index (χ3v) is 5.06. The molecule has 0 aliphatic carbocycles. The SMILES string of the molecule is CC=Nc1c(C)nc(Br)nc1-c1cc(-c2ccccc2)cc(-c2ccccc2)c1. The number of aliphatic imine (C=N–C) groups is 1. The highest BCUT2D eigenvalue weighted by Crippen LogP contribution is 2.37. The standard InChI is InChI=1S/C25H20BrN3/c1-3-27-23-17(2)28-25(26)29-24(23)22-15-20(18-10-6-4-7-11-18)14-21(16-22)19-12-8-5-9-13-19/h3-16H,1-2H3. The Morgan fingerprint density at radius 2 is 1.24 bits per heavy atom. The van der Waals surface area contributed by atoms with Gasteiger partial charge in [-0.1, -0.05) is 60.7 Å². The van der Waals surface area contributed by atoms with E-state index >= 15 is 0 Å². The summed E-state index contributed by atoms with van der Waals surface area (Å²) in [5.74, 6) is 0. The molecule has 0 spiro atoms. The lowest BCUT2D eigenvalue weighted by atomic mass is 9.94. The second kappa shape index (κ2) is 8.50. The third-order valence-electron chi connectivity index (χ3n) is 4.71. The van der Waals surface area contributed by atoms with Gasteiger partial charge in [0.25, 0.3) is 0 Å². The van der Waals surface area contributed by atoms with Crippen molar-refractivity contribution in [3.63, 3.8) is 0 Å². The van der Waals surface area contributed by atoms with Gasteiger partial charge in [-0.15, -0.1) is 0 Å². The van der Waals surface area contributed by atoms with Gasteiger partial charge >= 0.3 is 0 Å². The molecule has 4 heteroatoms. The van der Waals surface area contributed by atoms with Crippen LogP contribution in [0.3, 0.4) is 0 Å². The monoisotopic (exact) mass is 441 g/mol. The maximum Gasteiger partial charge on any atom is 0.197 e. The Morgan fingerprint density at radius 1 is 0.724 bits per heavy atom. The maximum atomic E-state index is 4.68. The lowest BCUT2D eigenvalue weighted by Crippen LogP contribution is -1.95. The number of aryl methyl sites for hydroxylation is 1. The van der Waals surface area contributed by atoms with Crippen molar-refractivity contribution in [2.24, 2.45) is 4.99 Å². The molecule has 3 aromatic carbocycles. The van der Waals surface area contributed by atoms with Crippen LogP contribution in [-0.2, 0) is 0 Å². The number of rotatable bonds is 4. The lowest BCUT2D eigenvalue weighted by molar-refractivity contribution is 1.06. The fourth-order valence-electron chi connectivity index (χ4n) is 3.38. The summed E-state index contributed by atoms with van der Waals surface area (Å²) in [6.45, 7) is 3.86. The van der Waals surface area contributed by atoms with E-state index in [2.05, 4.69) is 97.6 Å². The Labute approximate surface area is 179 Å². The van der Waals surface area contributed by atoms with E-state index in [1.165, 1.54) is 0 Å². The Bertz CT molecular complexity index is 1110. The van der Waals surface area contributed by atoms with E-state index in [1.807, 2.05) is 26.0 Å². The average molecular weight is 442 g/mol. The van der Waals surface area contributed by atoms with Gasteiger partial charge in [-0.05, 0) is 70.2 Å². The molecule has 0 aliphatic rings. The van der Waals surface area contributed by atoms with Gasteiger partial charge in [0.2, 0.25) is 0 Å². The normalized spacial score (nSPS) is 11.1. The smallest absolute Gasteiger partial charge is 0.197 e. The van der Waals surface area contributed by atoms with Crippen LogP contribution in [0.1, 0.15) is 12.6 Å². The van der Waals surface area contributed by atoms with E-state index in [4.69, 9.17) is 0 Å². The summed E-state index contributed by atoms with van der Waals surface area (Å²) < 4.78 is 0.562. The quantitative estimate of drug-likeness (QED) is 0.246. The molecular weight excluding hydrogens is 422 g/mol. The number of halogens is 1. The van der Waals surface area contributed by atoms with Crippen molar-refractivity contribution >= 4 is 27.8 Å². The molecule has 4 aromatic rings.